The van der Waals surface area contributed by atoms with Crippen LogP contribution in [-0.2, 0) is 24.1 Å². The van der Waals surface area contributed by atoms with E-state index < -0.39 is 11.7 Å². The Bertz CT molecular complexity index is 924. The number of alkyl halides is 3. The van der Waals surface area contributed by atoms with E-state index in [1.54, 1.807) is 6.07 Å². The normalized spacial score (nSPS) is 15.6. The number of piperidine rings is 1. The highest BCUT2D eigenvalue weighted by molar-refractivity contribution is 5.78. The van der Waals surface area contributed by atoms with Crippen molar-refractivity contribution in [3.63, 3.8) is 0 Å². The molecule has 0 spiro atoms. The lowest BCUT2D eigenvalue weighted by atomic mass is 9.95. The number of benzene rings is 2. The van der Waals surface area contributed by atoms with Gasteiger partial charge in [-0.15, -0.1) is 0 Å². The smallest absolute Gasteiger partial charge is 0.352 e. The molecule has 2 aromatic rings. The average Bonchev–Trinajstić information content (AvgIpc) is 2.73. The Morgan fingerprint density at radius 1 is 1.17 bits per heavy atom. The van der Waals surface area contributed by atoms with Crippen LogP contribution in [0.3, 0.4) is 0 Å². The van der Waals surface area contributed by atoms with E-state index in [1.807, 2.05) is 6.92 Å². The molecule has 1 fully saturated rings. The van der Waals surface area contributed by atoms with Crippen LogP contribution in [0.4, 0.5) is 13.2 Å². The SMILES string of the molecule is Cc1ccc(CN2CCC(C(=O)NCc3ccc(C#N)cc3C(F)(F)F)CC2)cc1. The standard InChI is InChI=1S/C23H24F3N3O/c1-16-2-4-17(5-3-16)15-29-10-8-19(9-11-29)22(30)28-14-20-7-6-18(13-27)12-21(20)23(24,25)26/h2-7,12,19H,8-11,14-15H2,1H3,(H,28,30). The number of nitrogens with zero attached hydrogens (tertiary/aromatic N) is 2. The largest absolute Gasteiger partial charge is 0.416 e. The van der Waals surface area contributed by atoms with Crippen LogP contribution in [0.2, 0.25) is 0 Å². The van der Waals surface area contributed by atoms with Crippen molar-refractivity contribution in [2.75, 3.05) is 13.1 Å². The number of carbonyl (C=O) groups excluding carboxylic acids is 1. The first kappa shape index (κ1) is 21.8. The molecule has 4 nitrogen and oxygen atoms in total. The third-order valence-electron chi connectivity index (χ3n) is 5.48. The lowest BCUT2D eigenvalue weighted by molar-refractivity contribution is -0.138. The number of nitriles is 1. The number of aryl methyl sites for hydroxylation is 1. The van der Waals surface area contributed by atoms with E-state index in [9.17, 15) is 18.0 Å². The summed E-state index contributed by atoms with van der Waals surface area (Å²) >= 11 is 0. The van der Waals surface area contributed by atoms with E-state index in [2.05, 4.69) is 34.5 Å². The van der Waals surface area contributed by atoms with Crippen LogP contribution in [0.5, 0.6) is 0 Å². The zero-order valence-corrected chi connectivity index (χ0v) is 16.8. The molecule has 1 heterocycles. The van der Waals surface area contributed by atoms with Gasteiger partial charge >= 0.3 is 6.18 Å². The number of halogens is 3. The Labute approximate surface area is 174 Å². The molecule has 7 heteroatoms. The first-order valence-electron chi connectivity index (χ1n) is 9.92. The lowest BCUT2D eigenvalue weighted by Gasteiger charge is -2.31. The minimum atomic E-state index is -4.58. The number of hydrogen-bond acceptors (Lipinski definition) is 3. The predicted molar refractivity (Wildman–Crippen MR) is 107 cm³/mol. The fraction of sp³-hybridized carbons (Fsp3) is 0.391. The van der Waals surface area contributed by atoms with Gasteiger partial charge < -0.3 is 5.32 Å². The molecule has 0 atom stereocenters. The van der Waals surface area contributed by atoms with Gasteiger partial charge in [0.25, 0.3) is 0 Å². The second kappa shape index (κ2) is 9.31. The van der Waals surface area contributed by atoms with Gasteiger partial charge in [-0.2, -0.15) is 18.4 Å². The fourth-order valence-corrected chi connectivity index (χ4v) is 3.70. The van der Waals surface area contributed by atoms with Gasteiger partial charge in [-0.1, -0.05) is 35.9 Å². The number of rotatable bonds is 5. The Morgan fingerprint density at radius 3 is 2.43 bits per heavy atom. The van der Waals surface area contributed by atoms with Crippen molar-refractivity contribution in [3.8, 4) is 6.07 Å². The lowest BCUT2D eigenvalue weighted by Crippen LogP contribution is -2.40. The molecule has 0 saturated carbocycles. The quantitative estimate of drug-likeness (QED) is 0.787. The fourth-order valence-electron chi connectivity index (χ4n) is 3.70. The van der Waals surface area contributed by atoms with Crippen molar-refractivity contribution in [2.45, 2.75) is 39.0 Å². The molecule has 3 rings (SSSR count). The van der Waals surface area contributed by atoms with Crippen molar-refractivity contribution in [1.82, 2.24) is 10.2 Å². The van der Waals surface area contributed by atoms with Crippen molar-refractivity contribution >= 4 is 5.91 Å². The summed E-state index contributed by atoms with van der Waals surface area (Å²) in [4.78, 5) is 14.8. The number of hydrogen-bond donors (Lipinski definition) is 1. The van der Waals surface area contributed by atoms with Gasteiger partial charge in [0, 0.05) is 19.0 Å². The number of nitrogens with one attached hydrogen (secondary N) is 1. The molecule has 0 aliphatic carbocycles. The molecular formula is C23H24F3N3O. The van der Waals surface area contributed by atoms with Crippen LogP contribution in [0.25, 0.3) is 0 Å². The molecule has 1 aliphatic rings. The second-order valence-electron chi connectivity index (χ2n) is 7.74. The summed E-state index contributed by atoms with van der Waals surface area (Å²) < 4.78 is 39.8. The summed E-state index contributed by atoms with van der Waals surface area (Å²) in [5.74, 6) is -0.422. The first-order valence-corrected chi connectivity index (χ1v) is 9.92. The number of amides is 1. The zero-order valence-electron chi connectivity index (χ0n) is 16.8. The maximum absolute atomic E-state index is 13.3. The summed E-state index contributed by atoms with van der Waals surface area (Å²) in [5, 5.41) is 11.5. The molecule has 30 heavy (non-hydrogen) atoms. The molecule has 0 bridgehead atoms. The predicted octanol–water partition coefficient (Wildman–Crippen LogP) is 4.41. The maximum atomic E-state index is 13.3. The van der Waals surface area contributed by atoms with E-state index in [0.717, 1.165) is 25.7 Å². The van der Waals surface area contributed by atoms with Crippen molar-refractivity contribution in [3.05, 3.63) is 70.3 Å². The molecule has 1 saturated heterocycles. The minimum absolute atomic E-state index is 0.0355. The highest BCUT2D eigenvalue weighted by atomic mass is 19.4. The zero-order chi connectivity index (χ0) is 21.7. The van der Waals surface area contributed by atoms with Gasteiger partial charge in [0.15, 0.2) is 0 Å². The Morgan fingerprint density at radius 2 is 1.83 bits per heavy atom. The van der Waals surface area contributed by atoms with E-state index in [-0.39, 0.29) is 29.5 Å². The van der Waals surface area contributed by atoms with E-state index in [0.29, 0.717) is 12.8 Å². The Balaban J connectivity index is 1.53. The maximum Gasteiger partial charge on any atom is 0.416 e. The highest BCUT2D eigenvalue weighted by Crippen LogP contribution is 2.32. The van der Waals surface area contributed by atoms with Crippen LogP contribution in [0.1, 0.15) is 40.7 Å². The van der Waals surface area contributed by atoms with Crippen LogP contribution >= 0.6 is 0 Å². The summed E-state index contributed by atoms with van der Waals surface area (Å²) in [7, 11) is 0. The summed E-state index contributed by atoms with van der Waals surface area (Å²) in [6, 6.07) is 13.5. The first-order chi connectivity index (χ1) is 14.3. The van der Waals surface area contributed by atoms with Gasteiger partial charge in [0.2, 0.25) is 5.91 Å². The minimum Gasteiger partial charge on any atom is -0.352 e. The molecule has 0 aromatic heterocycles. The van der Waals surface area contributed by atoms with Crippen molar-refractivity contribution < 1.29 is 18.0 Å². The van der Waals surface area contributed by atoms with Crippen molar-refractivity contribution in [2.24, 2.45) is 5.92 Å². The molecular weight excluding hydrogens is 391 g/mol. The van der Waals surface area contributed by atoms with Gasteiger partial charge in [0.1, 0.15) is 0 Å². The van der Waals surface area contributed by atoms with E-state index in [1.165, 1.54) is 23.3 Å². The van der Waals surface area contributed by atoms with Crippen LogP contribution < -0.4 is 5.32 Å². The van der Waals surface area contributed by atoms with E-state index >= 15 is 0 Å². The van der Waals surface area contributed by atoms with Crippen molar-refractivity contribution in [1.29, 1.82) is 5.26 Å². The molecule has 0 unspecified atom stereocenters. The topological polar surface area (TPSA) is 56.1 Å². The van der Waals surface area contributed by atoms with Crippen LogP contribution in [0, 0.1) is 24.2 Å². The number of carbonyl (C=O) groups is 1. The highest BCUT2D eigenvalue weighted by Gasteiger charge is 2.34. The average molecular weight is 415 g/mol. The van der Waals surface area contributed by atoms with E-state index in [4.69, 9.17) is 5.26 Å². The third-order valence-corrected chi connectivity index (χ3v) is 5.48. The molecule has 0 radical (unpaired) electrons. The molecule has 1 N–H and O–H groups in total. The third kappa shape index (κ3) is 5.61. The van der Waals surface area contributed by atoms with Gasteiger partial charge in [0.05, 0.1) is 17.2 Å². The second-order valence-corrected chi connectivity index (χ2v) is 7.74. The summed E-state index contributed by atoms with van der Waals surface area (Å²) in [6.07, 6.45) is -3.22. The molecule has 2 aromatic carbocycles. The van der Waals surface area contributed by atoms with Crippen LogP contribution in [-0.4, -0.2) is 23.9 Å². The Hall–Kier alpha value is -2.85. The monoisotopic (exact) mass is 415 g/mol. The Kier molecular flexibility index (Phi) is 6.78. The van der Waals surface area contributed by atoms with Crippen LogP contribution in [0.15, 0.2) is 42.5 Å². The summed E-state index contributed by atoms with van der Waals surface area (Å²) in [6.45, 7) is 4.22. The summed E-state index contributed by atoms with van der Waals surface area (Å²) in [5.41, 5.74) is 1.47. The van der Waals surface area contributed by atoms with Gasteiger partial charge in [-0.3, -0.25) is 9.69 Å². The molecule has 1 amide bonds. The van der Waals surface area contributed by atoms with Gasteiger partial charge in [-0.05, 0) is 56.1 Å². The molecule has 1 aliphatic heterocycles. The van der Waals surface area contributed by atoms with Gasteiger partial charge in [-0.25, -0.2) is 0 Å². The molecule has 158 valence electrons. The number of likely N-dealkylation sites (tertiary alicyclic amines) is 1.